The van der Waals surface area contributed by atoms with Crippen LogP contribution in [0.25, 0.3) is 0 Å². The molecule has 1 saturated heterocycles. The fourth-order valence-corrected chi connectivity index (χ4v) is 3.69. The summed E-state index contributed by atoms with van der Waals surface area (Å²) in [5, 5.41) is 5.64. The molecule has 1 aromatic rings. The molecule has 2 unspecified atom stereocenters. The van der Waals surface area contributed by atoms with E-state index in [4.69, 9.17) is 0 Å². The van der Waals surface area contributed by atoms with Gasteiger partial charge in [0.05, 0.1) is 0 Å². The highest BCUT2D eigenvalue weighted by Gasteiger charge is 2.52. The highest BCUT2D eigenvalue weighted by Crippen LogP contribution is 2.34. The first-order valence-corrected chi connectivity index (χ1v) is 10.5. The number of amides is 4. The van der Waals surface area contributed by atoms with Gasteiger partial charge in [0.2, 0.25) is 5.91 Å². The maximum absolute atomic E-state index is 13.4. The molecule has 1 aromatic carbocycles. The van der Waals surface area contributed by atoms with Crippen molar-refractivity contribution in [3.8, 4) is 0 Å². The zero-order valence-electron chi connectivity index (χ0n) is 17.6. The highest BCUT2D eigenvalue weighted by molar-refractivity contribution is 6.09. The maximum Gasteiger partial charge on any atom is 0.325 e. The van der Waals surface area contributed by atoms with E-state index in [1.54, 1.807) is 0 Å². The molecule has 0 spiro atoms. The Labute approximate surface area is 172 Å². The summed E-state index contributed by atoms with van der Waals surface area (Å²) < 4.78 is 13.4. The highest BCUT2D eigenvalue weighted by atomic mass is 19.1. The molecule has 2 N–H and O–H groups in total. The van der Waals surface area contributed by atoms with Gasteiger partial charge in [-0.25, -0.2) is 9.18 Å². The number of unbranched alkanes of at least 4 members (excludes halogenated alkanes) is 3. The van der Waals surface area contributed by atoms with Gasteiger partial charge in [-0.1, -0.05) is 58.1 Å². The number of hydrogen-bond acceptors (Lipinski definition) is 3. The molecule has 29 heavy (non-hydrogen) atoms. The second-order valence-electron chi connectivity index (χ2n) is 7.80. The van der Waals surface area contributed by atoms with Gasteiger partial charge >= 0.3 is 6.03 Å². The molecule has 4 amide bonds. The van der Waals surface area contributed by atoms with Gasteiger partial charge in [0.25, 0.3) is 5.91 Å². The van der Waals surface area contributed by atoms with Gasteiger partial charge in [0, 0.05) is 6.04 Å². The lowest BCUT2D eigenvalue weighted by atomic mass is 9.85. The van der Waals surface area contributed by atoms with Crippen molar-refractivity contribution in [3.05, 3.63) is 35.6 Å². The molecule has 2 rings (SSSR count). The predicted molar refractivity (Wildman–Crippen MR) is 110 cm³/mol. The Hall–Kier alpha value is -2.44. The number of benzene rings is 1. The topological polar surface area (TPSA) is 78.5 Å². The number of carbonyl (C=O) groups excluding carboxylic acids is 3. The average Bonchev–Trinajstić information content (AvgIpc) is 2.92. The molecule has 0 aromatic heterocycles. The SMILES string of the molecule is CCCCCC(C)NC(=O)CN1C(=O)NC(CCCC)(c2ccc(F)cc2)C1=O. The minimum Gasteiger partial charge on any atom is -0.352 e. The summed E-state index contributed by atoms with van der Waals surface area (Å²) >= 11 is 0. The Bertz CT molecular complexity index is 723. The number of nitrogens with zero attached hydrogens (tertiary/aromatic N) is 1. The van der Waals surface area contributed by atoms with E-state index in [0.717, 1.165) is 37.0 Å². The van der Waals surface area contributed by atoms with Crippen molar-refractivity contribution in [2.75, 3.05) is 6.54 Å². The average molecular weight is 406 g/mol. The first-order chi connectivity index (χ1) is 13.8. The van der Waals surface area contributed by atoms with Gasteiger partial charge in [-0.3, -0.25) is 14.5 Å². The molecule has 1 fully saturated rings. The van der Waals surface area contributed by atoms with Crippen LogP contribution in [0.1, 0.15) is 71.3 Å². The Morgan fingerprint density at radius 3 is 2.41 bits per heavy atom. The van der Waals surface area contributed by atoms with Crippen molar-refractivity contribution in [3.63, 3.8) is 0 Å². The van der Waals surface area contributed by atoms with Crippen molar-refractivity contribution >= 4 is 17.8 Å². The van der Waals surface area contributed by atoms with E-state index in [1.165, 1.54) is 24.3 Å². The van der Waals surface area contributed by atoms with Gasteiger partial charge < -0.3 is 10.6 Å². The van der Waals surface area contributed by atoms with Crippen LogP contribution in [0, 0.1) is 5.82 Å². The van der Waals surface area contributed by atoms with Crippen LogP contribution in [0.3, 0.4) is 0 Å². The van der Waals surface area contributed by atoms with E-state index < -0.39 is 23.3 Å². The first kappa shape index (κ1) is 22.8. The van der Waals surface area contributed by atoms with E-state index in [-0.39, 0.29) is 18.5 Å². The zero-order chi connectivity index (χ0) is 21.4. The standard InChI is InChI=1S/C22H32FN3O3/c1-4-6-8-9-16(3)24-19(27)15-26-20(28)22(14-7-5-2,25-21(26)29)17-10-12-18(23)13-11-17/h10-13,16H,4-9,14-15H2,1-3H3,(H,24,27)(H,25,29). The van der Waals surface area contributed by atoms with E-state index in [2.05, 4.69) is 17.6 Å². The van der Waals surface area contributed by atoms with E-state index >= 15 is 0 Å². The minimum atomic E-state index is -1.26. The monoisotopic (exact) mass is 405 g/mol. The number of rotatable bonds is 11. The van der Waals surface area contributed by atoms with E-state index in [0.29, 0.717) is 18.4 Å². The number of carbonyl (C=O) groups is 3. The summed E-state index contributed by atoms with van der Waals surface area (Å²) in [4.78, 5) is 39.2. The second-order valence-corrected chi connectivity index (χ2v) is 7.80. The van der Waals surface area contributed by atoms with Gasteiger partial charge in [-0.05, 0) is 37.5 Å². The number of hydrogen-bond donors (Lipinski definition) is 2. The minimum absolute atomic E-state index is 0.0169. The van der Waals surface area contributed by atoms with Gasteiger partial charge in [0.1, 0.15) is 17.9 Å². The molecule has 6 nitrogen and oxygen atoms in total. The molecule has 0 radical (unpaired) electrons. The first-order valence-electron chi connectivity index (χ1n) is 10.5. The summed E-state index contributed by atoms with van der Waals surface area (Å²) in [6.07, 6.45) is 6.02. The fourth-order valence-electron chi connectivity index (χ4n) is 3.69. The van der Waals surface area contributed by atoms with Crippen LogP contribution in [-0.2, 0) is 15.1 Å². The van der Waals surface area contributed by atoms with E-state index in [9.17, 15) is 18.8 Å². The number of imide groups is 1. The van der Waals surface area contributed by atoms with Crippen LogP contribution >= 0.6 is 0 Å². The predicted octanol–water partition coefficient (Wildman–Crippen LogP) is 3.85. The lowest BCUT2D eigenvalue weighted by Crippen LogP contribution is -2.46. The maximum atomic E-state index is 13.4. The lowest BCUT2D eigenvalue weighted by molar-refractivity contribution is -0.135. The van der Waals surface area contributed by atoms with Gasteiger partial charge in [0.15, 0.2) is 0 Å². The summed E-state index contributed by atoms with van der Waals surface area (Å²) in [6, 6.07) is 4.97. The van der Waals surface area contributed by atoms with Crippen LogP contribution in [0.15, 0.2) is 24.3 Å². The van der Waals surface area contributed by atoms with Gasteiger partial charge in [-0.2, -0.15) is 0 Å². The van der Waals surface area contributed by atoms with Crippen molar-refractivity contribution in [2.24, 2.45) is 0 Å². The smallest absolute Gasteiger partial charge is 0.325 e. The van der Waals surface area contributed by atoms with Crippen molar-refractivity contribution in [1.29, 1.82) is 0 Å². The molecule has 0 aliphatic carbocycles. The third kappa shape index (κ3) is 5.55. The third-order valence-corrected chi connectivity index (χ3v) is 5.37. The van der Waals surface area contributed by atoms with Crippen molar-refractivity contribution in [1.82, 2.24) is 15.5 Å². The Morgan fingerprint density at radius 1 is 1.14 bits per heavy atom. The number of nitrogens with one attached hydrogen (secondary N) is 2. The normalized spacial score (nSPS) is 19.9. The molecular formula is C22H32FN3O3. The third-order valence-electron chi connectivity index (χ3n) is 5.37. The summed E-state index contributed by atoms with van der Waals surface area (Å²) in [6.45, 7) is 5.71. The Balaban J connectivity index is 2.12. The molecule has 0 saturated carbocycles. The quantitative estimate of drug-likeness (QED) is 0.434. The fraction of sp³-hybridized carbons (Fsp3) is 0.591. The Kier molecular flexibility index (Phi) is 8.17. The van der Waals surface area contributed by atoms with Crippen LogP contribution < -0.4 is 10.6 Å². The Morgan fingerprint density at radius 2 is 1.79 bits per heavy atom. The summed E-state index contributed by atoms with van der Waals surface area (Å²) in [5.41, 5.74) is -0.727. The molecular weight excluding hydrogens is 373 g/mol. The molecule has 160 valence electrons. The lowest BCUT2D eigenvalue weighted by Gasteiger charge is -2.27. The largest absolute Gasteiger partial charge is 0.352 e. The molecule has 1 heterocycles. The zero-order valence-corrected chi connectivity index (χ0v) is 17.6. The molecule has 7 heteroatoms. The number of halogens is 1. The van der Waals surface area contributed by atoms with Crippen LogP contribution in [0.4, 0.5) is 9.18 Å². The van der Waals surface area contributed by atoms with Crippen molar-refractivity contribution in [2.45, 2.75) is 77.3 Å². The van der Waals surface area contributed by atoms with E-state index in [1.807, 2.05) is 13.8 Å². The molecule has 1 aliphatic heterocycles. The van der Waals surface area contributed by atoms with Crippen LogP contribution in [0.5, 0.6) is 0 Å². The summed E-state index contributed by atoms with van der Waals surface area (Å²) in [7, 11) is 0. The van der Waals surface area contributed by atoms with Crippen LogP contribution in [0.2, 0.25) is 0 Å². The second kappa shape index (κ2) is 10.4. The molecule has 1 aliphatic rings. The number of urea groups is 1. The van der Waals surface area contributed by atoms with Gasteiger partial charge in [-0.15, -0.1) is 0 Å². The summed E-state index contributed by atoms with van der Waals surface area (Å²) in [5.74, 6) is -1.23. The molecule has 0 bridgehead atoms. The van der Waals surface area contributed by atoms with Crippen molar-refractivity contribution < 1.29 is 18.8 Å². The molecule has 2 atom stereocenters. The van der Waals surface area contributed by atoms with Crippen LogP contribution in [-0.4, -0.2) is 35.3 Å².